The van der Waals surface area contributed by atoms with Gasteiger partial charge in [-0.15, -0.1) is 0 Å². The van der Waals surface area contributed by atoms with Crippen molar-refractivity contribution in [2.75, 3.05) is 19.6 Å². The Balaban J connectivity index is 1.41. The van der Waals surface area contributed by atoms with Crippen molar-refractivity contribution in [2.24, 2.45) is 0 Å². The molecule has 2 saturated heterocycles. The van der Waals surface area contributed by atoms with Gasteiger partial charge in [0.25, 0.3) is 5.91 Å². The summed E-state index contributed by atoms with van der Waals surface area (Å²) < 4.78 is 16.9. The smallest absolute Gasteiger partial charge is 0.410 e. The summed E-state index contributed by atoms with van der Waals surface area (Å²) in [6.07, 6.45) is 1.75. The molecule has 2 aliphatic heterocycles. The van der Waals surface area contributed by atoms with Crippen LogP contribution in [0.15, 0.2) is 48.5 Å². The molecule has 43 heavy (non-hydrogen) atoms. The molecule has 0 saturated carbocycles. The fraction of sp³-hybridized carbons (Fsp3) is 0.515. The Labute approximate surface area is 253 Å². The van der Waals surface area contributed by atoms with Gasteiger partial charge in [-0.3, -0.25) is 4.79 Å². The van der Waals surface area contributed by atoms with E-state index in [0.717, 1.165) is 36.1 Å². The summed E-state index contributed by atoms with van der Waals surface area (Å²) in [6.45, 7) is 10.6. The fourth-order valence-electron chi connectivity index (χ4n) is 5.26. The summed E-state index contributed by atoms with van der Waals surface area (Å²) in [5, 5.41) is 12.2. The van der Waals surface area contributed by atoms with Crippen molar-refractivity contribution < 1.29 is 28.6 Å². The maximum Gasteiger partial charge on any atom is 0.410 e. The van der Waals surface area contributed by atoms with E-state index in [1.165, 1.54) is 4.90 Å². The lowest BCUT2D eigenvalue weighted by Crippen LogP contribution is -2.45. The summed E-state index contributed by atoms with van der Waals surface area (Å²) in [7, 11) is 0. The van der Waals surface area contributed by atoms with Gasteiger partial charge in [0.05, 0.1) is 12.2 Å². The van der Waals surface area contributed by atoms with Crippen LogP contribution >= 0.6 is 0 Å². The molecule has 0 bridgehead atoms. The monoisotopic (exact) mass is 590 g/mol. The van der Waals surface area contributed by atoms with E-state index in [4.69, 9.17) is 14.2 Å². The molecule has 230 valence electrons. The molecular formula is C33H42N4O6. The number of rotatable bonds is 7. The third-order valence-corrected chi connectivity index (χ3v) is 7.36. The van der Waals surface area contributed by atoms with E-state index in [9.17, 15) is 19.6 Å². The van der Waals surface area contributed by atoms with Crippen molar-refractivity contribution in [3.63, 3.8) is 0 Å². The molecular weight excluding hydrogens is 548 g/mol. The predicted octanol–water partition coefficient (Wildman–Crippen LogP) is 5.82. The molecule has 0 aromatic heterocycles. The normalized spacial score (nSPS) is 18.1. The number of nitrogens with zero attached hydrogens (tertiary/aromatic N) is 3. The molecule has 2 heterocycles. The zero-order valence-corrected chi connectivity index (χ0v) is 25.7. The van der Waals surface area contributed by atoms with Crippen LogP contribution in [-0.2, 0) is 14.3 Å². The molecule has 1 N–H and O–H groups in total. The summed E-state index contributed by atoms with van der Waals surface area (Å²) in [6, 6.07) is 15.9. The van der Waals surface area contributed by atoms with E-state index < -0.39 is 23.8 Å². The van der Waals surface area contributed by atoms with Crippen LogP contribution in [0.3, 0.4) is 0 Å². The Kier molecular flexibility index (Phi) is 10.2. The Morgan fingerprint density at radius 1 is 0.930 bits per heavy atom. The Morgan fingerprint density at radius 2 is 1.53 bits per heavy atom. The number of nitriles is 1. The fourth-order valence-corrected chi connectivity index (χ4v) is 5.26. The lowest BCUT2D eigenvalue weighted by Gasteiger charge is -2.32. The predicted molar refractivity (Wildman–Crippen MR) is 161 cm³/mol. The van der Waals surface area contributed by atoms with Gasteiger partial charge in [-0.1, -0.05) is 36.4 Å². The molecule has 10 nitrogen and oxygen atoms in total. The highest BCUT2D eigenvalue weighted by atomic mass is 16.6. The second-order valence-corrected chi connectivity index (χ2v) is 12.3. The molecule has 0 radical (unpaired) electrons. The van der Waals surface area contributed by atoms with E-state index in [0.29, 0.717) is 31.6 Å². The van der Waals surface area contributed by atoms with Gasteiger partial charge in [-0.05, 0) is 76.3 Å². The number of nitrogens with one attached hydrogen (secondary N) is 1. The lowest BCUT2D eigenvalue weighted by atomic mass is 9.99. The number of benzene rings is 2. The van der Waals surface area contributed by atoms with Gasteiger partial charge in [-0.25, -0.2) is 9.59 Å². The quantitative estimate of drug-likeness (QED) is 0.431. The van der Waals surface area contributed by atoms with Crippen molar-refractivity contribution in [3.05, 3.63) is 54.1 Å². The Morgan fingerprint density at radius 3 is 2.09 bits per heavy atom. The number of carbonyl (C=O) groups is 3. The largest absolute Gasteiger partial charge is 0.490 e. The highest BCUT2D eigenvalue weighted by molar-refractivity contribution is 5.88. The van der Waals surface area contributed by atoms with E-state index in [1.54, 1.807) is 25.7 Å². The number of likely N-dealkylation sites (tertiary alicyclic amines) is 2. The number of carbonyl (C=O) groups excluding carboxylic acids is 3. The van der Waals surface area contributed by atoms with Gasteiger partial charge in [0, 0.05) is 32.5 Å². The Bertz CT molecular complexity index is 1300. The first-order chi connectivity index (χ1) is 20.4. The maximum absolute atomic E-state index is 13.5. The van der Waals surface area contributed by atoms with Crippen molar-refractivity contribution in [3.8, 4) is 22.9 Å². The van der Waals surface area contributed by atoms with Gasteiger partial charge in [0.2, 0.25) is 0 Å². The first kappa shape index (κ1) is 31.7. The third-order valence-electron chi connectivity index (χ3n) is 7.36. The molecule has 1 unspecified atom stereocenters. The zero-order chi connectivity index (χ0) is 31.1. The molecule has 2 atom stereocenters. The molecule has 2 aromatic carbocycles. The Hall–Kier alpha value is -4.26. The van der Waals surface area contributed by atoms with Gasteiger partial charge in [0.1, 0.15) is 29.5 Å². The molecule has 2 fully saturated rings. The maximum atomic E-state index is 13.5. The lowest BCUT2D eigenvalue weighted by molar-refractivity contribution is -0.133. The van der Waals surface area contributed by atoms with E-state index in [-0.39, 0.29) is 24.2 Å². The molecule has 2 aromatic rings. The summed E-state index contributed by atoms with van der Waals surface area (Å²) in [5.74, 6) is 0.431. The van der Waals surface area contributed by atoms with Crippen LogP contribution in [0.2, 0.25) is 0 Å². The summed E-state index contributed by atoms with van der Waals surface area (Å²) >= 11 is 0. The van der Waals surface area contributed by atoms with Crippen LogP contribution in [0.1, 0.15) is 71.9 Å². The second kappa shape index (κ2) is 13.8. The highest BCUT2D eigenvalue weighted by Gasteiger charge is 2.35. The van der Waals surface area contributed by atoms with Crippen LogP contribution in [0.4, 0.5) is 9.59 Å². The molecule has 0 aliphatic carbocycles. The van der Waals surface area contributed by atoms with E-state index >= 15 is 0 Å². The van der Waals surface area contributed by atoms with Crippen LogP contribution in [-0.4, -0.2) is 71.4 Å². The minimum absolute atomic E-state index is 0.0245. The molecule has 2 aliphatic rings. The number of alkyl carbamates (subject to hydrolysis) is 1. The number of piperidine rings is 1. The van der Waals surface area contributed by atoms with Crippen LogP contribution in [0.25, 0.3) is 11.1 Å². The van der Waals surface area contributed by atoms with Crippen molar-refractivity contribution in [1.29, 1.82) is 5.26 Å². The number of amides is 3. The van der Waals surface area contributed by atoms with E-state index in [2.05, 4.69) is 11.4 Å². The summed E-state index contributed by atoms with van der Waals surface area (Å²) in [4.78, 5) is 41.6. The average molecular weight is 591 g/mol. The highest BCUT2D eigenvalue weighted by Crippen LogP contribution is 2.28. The zero-order valence-electron chi connectivity index (χ0n) is 25.7. The molecule has 4 rings (SSSR count). The van der Waals surface area contributed by atoms with Crippen LogP contribution < -0.4 is 10.1 Å². The minimum atomic E-state index is -0.979. The second-order valence-electron chi connectivity index (χ2n) is 12.3. The van der Waals surface area contributed by atoms with Crippen molar-refractivity contribution >= 4 is 18.1 Å². The van der Waals surface area contributed by atoms with E-state index in [1.807, 2.05) is 62.4 Å². The van der Waals surface area contributed by atoms with Gasteiger partial charge >= 0.3 is 12.2 Å². The van der Waals surface area contributed by atoms with Crippen LogP contribution in [0, 0.1) is 11.3 Å². The van der Waals surface area contributed by atoms with Gasteiger partial charge in [-0.2, -0.15) is 5.26 Å². The molecule has 0 spiro atoms. The average Bonchev–Trinajstić information content (AvgIpc) is 3.44. The van der Waals surface area contributed by atoms with Crippen LogP contribution in [0.5, 0.6) is 5.75 Å². The summed E-state index contributed by atoms with van der Waals surface area (Å²) in [5.41, 5.74) is 1.79. The van der Waals surface area contributed by atoms with Gasteiger partial charge in [0.15, 0.2) is 0 Å². The first-order valence-corrected chi connectivity index (χ1v) is 15.0. The first-order valence-electron chi connectivity index (χ1n) is 15.0. The van der Waals surface area contributed by atoms with Gasteiger partial charge < -0.3 is 29.3 Å². The van der Waals surface area contributed by atoms with Crippen molar-refractivity contribution in [1.82, 2.24) is 15.1 Å². The number of hydrogen-bond donors (Lipinski definition) is 1. The van der Waals surface area contributed by atoms with Crippen molar-refractivity contribution in [2.45, 2.75) is 90.2 Å². The minimum Gasteiger partial charge on any atom is -0.490 e. The third kappa shape index (κ3) is 8.63. The number of ether oxygens (including phenoxy) is 3. The molecule has 3 amide bonds. The standard InChI is InChI=1S/C33H42N4O6/c1-22(2)41-32(40)36-19-16-28(17-20-36)42-27-14-12-24(13-15-27)23-8-10-25(11-9-23)29(35-31(39)43-33(3,4)5)30(38)37-18-6-7-26(37)21-34/h8-15,22,26,28-29H,6-7,16-20H2,1-5H3,(H,35,39)/t26-,29?/m0/s1. The topological polar surface area (TPSA) is 121 Å². The molecule has 10 heteroatoms. The SMILES string of the molecule is CC(C)OC(=O)N1CCC(Oc2ccc(-c3ccc(C(NC(=O)OC(C)(C)C)C(=O)N4CCC[C@H]4C#N)cc3)cc2)CC1. The number of hydrogen-bond acceptors (Lipinski definition) is 7.